The van der Waals surface area contributed by atoms with Crippen LogP contribution >= 0.6 is 0 Å². The van der Waals surface area contributed by atoms with Crippen LogP contribution in [0.5, 0.6) is 17.2 Å². The van der Waals surface area contributed by atoms with E-state index in [4.69, 9.17) is 9.47 Å². The molecule has 0 fully saturated rings. The van der Waals surface area contributed by atoms with Crippen molar-refractivity contribution in [2.75, 3.05) is 31.6 Å². The number of nitrogens with zero attached hydrogens (tertiary/aromatic N) is 1. The summed E-state index contributed by atoms with van der Waals surface area (Å²) in [6.45, 7) is 6.87. The van der Waals surface area contributed by atoms with E-state index < -0.39 is 10.0 Å². The number of anilines is 1. The molecule has 0 unspecified atom stereocenters. The largest absolute Gasteiger partial charge is 0.506 e. The summed E-state index contributed by atoms with van der Waals surface area (Å²) in [6.07, 6.45) is 0.577. The number of phenols is 1. The Kier molecular flexibility index (Phi) is 9.14. The molecule has 2 aromatic rings. The van der Waals surface area contributed by atoms with Crippen molar-refractivity contribution in [3.8, 4) is 17.2 Å². The quantitative estimate of drug-likeness (QED) is 0.378. The third kappa shape index (κ3) is 6.60. The first-order chi connectivity index (χ1) is 14.8. The summed E-state index contributed by atoms with van der Waals surface area (Å²) in [5.74, 6) is 0.699. The van der Waals surface area contributed by atoms with Crippen LogP contribution in [0.2, 0.25) is 0 Å². The first kappa shape index (κ1) is 24.5. The Labute approximate surface area is 183 Å². The Balaban J connectivity index is 1.95. The van der Waals surface area contributed by atoms with Gasteiger partial charge < -0.3 is 19.9 Å². The highest BCUT2D eigenvalue weighted by molar-refractivity contribution is 7.89. The number of carbonyl (C=O) groups excluding carboxylic acids is 1. The van der Waals surface area contributed by atoms with Crippen LogP contribution in [0.25, 0.3) is 0 Å². The normalized spacial score (nSPS) is 11.4. The fraction of sp³-hybridized carbons (Fsp3) is 0.409. The predicted molar refractivity (Wildman–Crippen MR) is 119 cm³/mol. The Morgan fingerprint density at radius 1 is 1.03 bits per heavy atom. The number of sulfonamides is 1. The topological polar surface area (TPSA) is 105 Å². The van der Waals surface area contributed by atoms with Crippen molar-refractivity contribution in [2.24, 2.45) is 0 Å². The summed E-state index contributed by atoms with van der Waals surface area (Å²) in [6, 6.07) is 11.2. The van der Waals surface area contributed by atoms with Crippen LogP contribution < -0.4 is 14.8 Å². The highest BCUT2D eigenvalue weighted by Crippen LogP contribution is 2.29. The number of hydrogen-bond donors (Lipinski definition) is 2. The molecule has 0 radical (unpaired) electrons. The highest BCUT2D eigenvalue weighted by atomic mass is 32.2. The van der Waals surface area contributed by atoms with Crippen LogP contribution in [0.4, 0.5) is 5.69 Å². The zero-order chi connectivity index (χ0) is 22.9. The van der Waals surface area contributed by atoms with Gasteiger partial charge in [0.05, 0.1) is 23.8 Å². The number of amides is 1. The zero-order valence-corrected chi connectivity index (χ0v) is 18.9. The number of nitrogens with one attached hydrogen (secondary N) is 1. The van der Waals surface area contributed by atoms with Crippen molar-refractivity contribution in [2.45, 2.75) is 38.5 Å². The summed E-state index contributed by atoms with van der Waals surface area (Å²) < 4.78 is 37.8. The van der Waals surface area contributed by atoms with E-state index in [1.807, 2.05) is 25.1 Å². The molecule has 0 heterocycles. The number of benzene rings is 2. The fourth-order valence-electron chi connectivity index (χ4n) is 2.96. The molecule has 2 rings (SSSR count). The van der Waals surface area contributed by atoms with Gasteiger partial charge in [-0.15, -0.1) is 0 Å². The first-order valence-corrected chi connectivity index (χ1v) is 11.7. The summed E-state index contributed by atoms with van der Waals surface area (Å²) in [4.78, 5) is 12.3. The van der Waals surface area contributed by atoms with Gasteiger partial charge in [0.25, 0.3) is 0 Å². The maximum Gasteiger partial charge on any atom is 0.243 e. The highest BCUT2D eigenvalue weighted by Gasteiger charge is 2.23. The minimum absolute atomic E-state index is 0.0140. The number of phenolic OH excluding ortho intramolecular Hbond substituents is 1. The Bertz CT molecular complexity index is 974. The third-order valence-electron chi connectivity index (χ3n) is 4.54. The molecular formula is C22H30N2O6S. The monoisotopic (exact) mass is 450 g/mol. The molecule has 0 aliphatic rings. The van der Waals surface area contributed by atoms with Crippen LogP contribution in [0, 0.1) is 0 Å². The molecule has 31 heavy (non-hydrogen) atoms. The van der Waals surface area contributed by atoms with Gasteiger partial charge in [0, 0.05) is 19.5 Å². The second kappa shape index (κ2) is 11.6. The molecule has 2 aromatic carbocycles. The average molecular weight is 451 g/mol. The Morgan fingerprint density at radius 2 is 1.68 bits per heavy atom. The van der Waals surface area contributed by atoms with Gasteiger partial charge in [0.15, 0.2) is 11.5 Å². The average Bonchev–Trinajstić information content (AvgIpc) is 2.74. The van der Waals surface area contributed by atoms with Gasteiger partial charge in [-0.25, -0.2) is 8.42 Å². The lowest BCUT2D eigenvalue weighted by Crippen LogP contribution is -2.30. The molecule has 170 valence electrons. The molecule has 0 aliphatic carbocycles. The molecule has 0 bridgehead atoms. The second-order valence-corrected chi connectivity index (χ2v) is 8.59. The first-order valence-electron chi connectivity index (χ1n) is 10.3. The number of carbonyl (C=O) groups is 1. The molecule has 0 saturated carbocycles. The van der Waals surface area contributed by atoms with Crippen LogP contribution in [-0.2, 0) is 14.8 Å². The second-order valence-electron chi connectivity index (χ2n) is 6.65. The summed E-state index contributed by atoms with van der Waals surface area (Å²) >= 11 is 0. The van der Waals surface area contributed by atoms with E-state index in [2.05, 4.69) is 5.32 Å². The predicted octanol–water partition coefficient (Wildman–Crippen LogP) is 3.62. The van der Waals surface area contributed by atoms with Crippen molar-refractivity contribution in [1.29, 1.82) is 0 Å². The molecule has 0 spiro atoms. The zero-order valence-electron chi connectivity index (χ0n) is 18.1. The smallest absolute Gasteiger partial charge is 0.243 e. The van der Waals surface area contributed by atoms with Gasteiger partial charge in [-0.1, -0.05) is 26.0 Å². The summed E-state index contributed by atoms with van der Waals surface area (Å²) in [5.41, 5.74) is 0.0563. The van der Waals surface area contributed by atoms with Crippen LogP contribution in [0.1, 0.15) is 33.6 Å². The van der Waals surface area contributed by atoms with Gasteiger partial charge >= 0.3 is 0 Å². The van der Waals surface area contributed by atoms with Gasteiger partial charge in [-0.2, -0.15) is 4.31 Å². The molecule has 9 heteroatoms. The third-order valence-corrected chi connectivity index (χ3v) is 6.59. The van der Waals surface area contributed by atoms with E-state index in [9.17, 15) is 18.3 Å². The minimum atomic E-state index is -3.70. The van der Waals surface area contributed by atoms with Crippen LogP contribution in [0.3, 0.4) is 0 Å². The fourth-order valence-corrected chi connectivity index (χ4v) is 4.44. The molecule has 0 atom stereocenters. The Morgan fingerprint density at radius 3 is 2.29 bits per heavy atom. The lowest BCUT2D eigenvalue weighted by molar-refractivity contribution is -0.116. The maximum atomic E-state index is 12.7. The minimum Gasteiger partial charge on any atom is -0.506 e. The SMILES string of the molecule is CCOc1ccccc1OCCCC(=O)Nc1cc(S(=O)(=O)N(CC)CC)ccc1O. The van der Waals surface area contributed by atoms with Crippen molar-refractivity contribution in [3.63, 3.8) is 0 Å². The van der Waals surface area contributed by atoms with Gasteiger partial charge in [0.2, 0.25) is 15.9 Å². The lowest BCUT2D eigenvalue weighted by Gasteiger charge is -2.19. The molecule has 1 amide bonds. The molecule has 0 aromatic heterocycles. The van der Waals surface area contributed by atoms with E-state index >= 15 is 0 Å². The number of aromatic hydroxyl groups is 1. The molecule has 2 N–H and O–H groups in total. The molecule has 0 saturated heterocycles. The standard InChI is InChI=1S/C22H30N2O6S/c1-4-24(5-2)31(27,28)17-13-14-19(25)18(16-17)23-22(26)12-9-15-30-21-11-8-7-10-20(21)29-6-3/h7-8,10-11,13-14,16,25H,4-6,9,12,15H2,1-3H3,(H,23,26). The molecule has 8 nitrogen and oxygen atoms in total. The Hall–Kier alpha value is -2.78. The van der Waals surface area contributed by atoms with Crippen LogP contribution in [0.15, 0.2) is 47.4 Å². The molecule has 0 aliphatic heterocycles. The van der Waals surface area contributed by atoms with Crippen molar-refractivity contribution < 1.29 is 27.8 Å². The molecular weight excluding hydrogens is 420 g/mol. The number of rotatable bonds is 12. The summed E-state index contributed by atoms with van der Waals surface area (Å²) in [5, 5.41) is 12.6. The lowest BCUT2D eigenvalue weighted by atomic mass is 10.2. The maximum absolute atomic E-state index is 12.7. The number of hydrogen-bond acceptors (Lipinski definition) is 6. The van der Waals surface area contributed by atoms with E-state index in [1.165, 1.54) is 22.5 Å². The van der Waals surface area contributed by atoms with Gasteiger partial charge in [0.1, 0.15) is 5.75 Å². The van der Waals surface area contributed by atoms with Gasteiger partial charge in [-0.05, 0) is 43.7 Å². The summed E-state index contributed by atoms with van der Waals surface area (Å²) in [7, 11) is -3.70. The van der Waals surface area contributed by atoms with Gasteiger partial charge in [-0.3, -0.25) is 4.79 Å². The number of ether oxygens (including phenoxy) is 2. The van der Waals surface area contributed by atoms with E-state index in [0.717, 1.165) is 0 Å². The van der Waals surface area contributed by atoms with Crippen LogP contribution in [-0.4, -0.2) is 50.0 Å². The van der Waals surface area contributed by atoms with Crippen molar-refractivity contribution in [3.05, 3.63) is 42.5 Å². The van der Waals surface area contributed by atoms with E-state index in [1.54, 1.807) is 19.9 Å². The number of para-hydroxylation sites is 2. The van der Waals surface area contributed by atoms with E-state index in [-0.39, 0.29) is 28.7 Å². The van der Waals surface area contributed by atoms with Crippen molar-refractivity contribution in [1.82, 2.24) is 4.31 Å². The van der Waals surface area contributed by atoms with E-state index in [0.29, 0.717) is 44.2 Å². The van der Waals surface area contributed by atoms with Crippen molar-refractivity contribution >= 4 is 21.6 Å².